The number of quaternary nitrogens is 1. The molecule has 1 fully saturated rings. The number of nitrogens with one attached hydrogen (secondary N) is 1. The summed E-state index contributed by atoms with van der Waals surface area (Å²) < 4.78 is 0. The van der Waals surface area contributed by atoms with Crippen molar-refractivity contribution in [2.24, 2.45) is 21.8 Å². The third kappa shape index (κ3) is 4.51. The van der Waals surface area contributed by atoms with Crippen molar-refractivity contribution in [1.29, 1.82) is 0 Å². The summed E-state index contributed by atoms with van der Waals surface area (Å²) >= 11 is 0. The first-order valence-electron chi connectivity index (χ1n) is 9.58. The van der Waals surface area contributed by atoms with Crippen LogP contribution in [-0.4, -0.2) is 35.2 Å². The molecule has 1 saturated carbocycles. The molecule has 1 atom stereocenters. The van der Waals surface area contributed by atoms with E-state index in [0.717, 1.165) is 47.5 Å². The molecule has 1 aromatic carbocycles. The van der Waals surface area contributed by atoms with Crippen LogP contribution in [0.25, 0.3) is 0 Å². The van der Waals surface area contributed by atoms with Gasteiger partial charge in [-0.1, -0.05) is 30.3 Å². The van der Waals surface area contributed by atoms with Crippen LogP contribution < -0.4 is 17.3 Å². The zero-order valence-corrected chi connectivity index (χ0v) is 16.4. The van der Waals surface area contributed by atoms with Gasteiger partial charge in [0.15, 0.2) is 12.0 Å². The van der Waals surface area contributed by atoms with E-state index in [1.807, 2.05) is 49.1 Å². The van der Waals surface area contributed by atoms with E-state index in [1.165, 1.54) is 0 Å². The number of rotatable bonds is 5. The van der Waals surface area contributed by atoms with Crippen LogP contribution >= 0.6 is 0 Å². The van der Waals surface area contributed by atoms with Crippen molar-refractivity contribution in [3.63, 3.8) is 0 Å². The van der Waals surface area contributed by atoms with E-state index in [9.17, 15) is 9.90 Å². The summed E-state index contributed by atoms with van der Waals surface area (Å²) in [7, 11) is 0. The lowest BCUT2D eigenvalue weighted by Gasteiger charge is -2.31. The van der Waals surface area contributed by atoms with Gasteiger partial charge in [-0.15, -0.1) is 0 Å². The molecule has 7 heteroatoms. The minimum Gasteiger partial charge on any atom is -1.00 e. The van der Waals surface area contributed by atoms with E-state index in [4.69, 9.17) is 0 Å². The second kappa shape index (κ2) is 9.17. The summed E-state index contributed by atoms with van der Waals surface area (Å²) in [6.45, 7) is 1.06. The minimum absolute atomic E-state index is 0. The summed E-state index contributed by atoms with van der Waals surface area (Å²) in [5, 5.41) is 9.59. The lowest BCUT2D eigenvalue weighted by atomic mass is 9.80. The molecule has 0 saturated heterocycles. The number of allylic oxidation sites excluding steroid dienone is 2. The summed E-state index contributed by atoms with van der Waals surface area (Å²) in [5.41, 5.74) is 3.36. The van der Waals surface area contributed by atoms with E-state index >= 15 is 0 Å². The number of amides is 1. The maximum Gasteiger partial charge on any atom is 0.407 e. The molecule has 6 nitrogen and oxygen atoms in total. The topological polar surface area (TPSA) is 69.7 Å². The van der Waals surface area contributed by atoms with Crippen LogP contribution in [-0.2, 0) is 6.54 Å². The second-order valence-corrected chi connectivity index (χ2v) is 7.47. The van der Waals surface area contributed by atoms with Crippen LogP contribution in [0.5, 0.6) is 0 Å². The number of aliphatic imine (C=N–C) groups is 2. The van der Waals surface area contributed by atoms with E-state index in [2.05, 4.69) is 9.98 Å². The molecule has 4 rings (SSSR count). The Labute approximate surface area is 171 Å². The molecule has 1 unspecified atom stereocenters. The molecule has 1 aliphatic carbocycles. The van der Waals surface area contributed by atoms with Gasteiger partial charge in [0.1, 0.15) is 11.9 Å². The zero-order chi connectivity index (χ0) is 18.6. The molecular weight excluding hydrogens is 376 g/mol. The van der Waals surface area contributed by atoms with Gasteiger partial charge in [-0.2, -0.15) is 0 Å². The maximum absolute atomic E-state index is 11.7. The Balaban J connectivity index is 0.00000225. The van der Waals surface area contributed by atoms with Crippen LogP contribution in [0.1, 0.15) is 31.2 Å². The van der Waals surface area contributed by atoms with Crippen LogP contribution in [0.15, 0.2) is 64.1 Å². The van der Waals surface area contributed by atoms with Gasteiger partial charge in [-0.05, 0) is 37.2 Å². The average Bonchev–Trinajstić information content (AvgIpc) is 3.13. The molecule has 1 aromatic rings. The Morgan fingerprint density at radius 3 is 2.64 bits per heavy atom. The largest absolute Gasteiger partial charge is 1.00 e. The average molecular weight is 401 g/mol. The van der Waals surface area contributed by atoms with Gasteiger partial charge in [0.2, 0.25) is 0 Å². The Morgan fingerprint density at radius 2 is 1.93 bits per heavy atom. The SMILES string of the molecule is O=C(O)N(Cc1ccccc1)CC1CCC(C2=C3C=NC=C[NH+]3C=N2)CC1.[Cl-]. The van der Waals surface area contributed by atoms with E-state index < -0.39 is 6.09 Å². The number of halogens is 1. The van der Waals surface area contributed by atoms with Gasteiger partial charge < -0.3 is 22.4 Å². The van der Waals surface area contributed by atoms with Gasteiger partial charge in [0.05, 0.1) is 12.4 Å². The predicted molar refractivity (Wildman–Crippen MR) is 104 cm³/mol. The van der Waals surface area contributed by atoms with Crippen LogP contribution in [0.3, 0.4) is 0 Å². The van der Waals surface area contributed by atoms with Crippen molar-refractivity contribution in [3.05, 3.63) is 59.7 Å². The highest BCUT2D eigenvalue weighted by Gasteiger charge is 2.33. The first kappa shape index (κ1) is 20.3. The van der Waals surface area contributed by atoms with Crippen molar-refractivity contribution in [3.8, 4) is 0 Å². The fourth-order valence-electron chi connectivity index (χ4n) is 4.21. The molecule has 0 bridgehead atoms. The normalized spacial score (nSPS) is 25.4. The highest BCUT2D eigenvalue weighted by atomic mass is 35.5. The smallest absolute Gasteiger partial charge is 0.407 e. The number of hydrogen-bond acceptors (Lipinski definition) is 3. The molecular formula is C21H25ClN4O2. The van der Waals surface area contributed by atoms with Gasteiger partial charge >= 0.3 is 6.09 Å². The number of nitrogens with zero attached hydrogens (tertiary/aromatic N) is 3. The highest BCUT2D eigenvalue weighted by molar-refractivity contribution is 5.81. The lowest BCUT2D eigenvalue weighted by Crippen LogP contribution is -3.04. The second-order valence-electron chi connectivity index (χ2n) is 7.47. The van der Waals surface area contributed by atoms with Gasteiger partial charge in [0, 0.05) is 19.0 Å². The lowest BCUT2D eigenvalue weighted by molar-refractivity contribution is -0.682. The molecule has 3 aliphatic rings. The van der Waals surface area contributed by atoms with Crippen molar-refractivity contribution in [2.75, 3.05) is 6.54 Å². The molecule has 148 valence electrons. The predicted octanol–water partition coefficient (Wildman–Crippen LogP) is -0.329. The van der Waals surface area contributed by atoms with Crippen LogP contribution in [0, 0.1) is 11.8 Å². The van der Waals surface area contributed by atoms with Gasteiger partial charge in [-0.25, -0.2) is 14.7 Å². The number of carbonyl (C=O) groups is 1. The van der Waals surface area contributed by atoms with E-state index in [1.54, 1.807) is 11.1 Å². The quantitative estimate of drug-likeness (QED) is 0.710. The van der Waals surface area contributed by atoms with Crippen molar-refractivity contribution in [1.82, 2.24) is 4.90 Å². The third-order valence-electron chi connectivity index (χ3n) is 5.67. The fourth-order valence-corrected chi connectivity index (χ4v) is 4.21. The molecule has 0 aromatic heterocycles. The molecule has 0 spiro atoms. The molecule has 2 aliphatic heterocycles. The minimum atomic E-state index is -0.837. The molecule has 2 N–H and O–H groups in total. The number of fused-ring (bicyclic) bond motifs is 1. The van der Waals surface area contributed by atoms with Crippen molar-refractivity contribution in [2.45, 2.75) is 32.2 Å². The van der Waals surface area contributed by atoms with E-state index in [-0.39, 0.29) is 12.4 Å². The Kier molecular flexibility index (Phi) is 6.65. The van der Waals surface area contributed by atoms with Gasteiger partial charge in [0.25, 0.3) is 0 Å². The van der Waals surface area contributed by atoms with Crippen molar-refractivity contribution < 1.29 is 27.2 Å². The number of carboxylic acid groups (broad SMARTS) is 1. The summed E-state index contributed by atoms with van der Waals surface area (Å²) in [6, 6.07) is 9.81. The summed E-state index contributed by atoms with van der Waals surface area (Å²) in [4.78, 5) is 23.3. The summed E-state index contributed by atoms with van der Waals surface area (Å²) in [6.07, 6.45) is 11.0. The maximum atomic E-state index is 11.7. The number of benzene rings is 1. The zero-order valence-electron chi connectivity index (χ0n) is 15.7. The fraction of sp³-hybridized carbons (Fsp3) is 0.381. The van der Waals surface area contributed by atoms with Gasteiger partial charge in [-0.3, -0.25) is 4.99 Å². The standard InChI is InChI=1S/C21H24N4O2.ClH/c26-21(27)25(13-16-4-2-1-3-5-16)14-17-6-8-18(9-7-17)20-19-12-22-10-11-24(19)15-23-20;/h1-5,10-12,15,17-18H,6-9,13-14H2,(H,26,27);1H. The highest BCUT2D eigenvalue weighted by Crippen LogP contribution is 2.35. The Bertz CT molecular complexity index is 811. The molecule has 0 radical (unpaired) electrons. The summed E-state index contributed by atoms with van der Waals surface area (Å²) in [5.74, 6) is 0.871. The van der Waals surface area contributed by atoms with Crippen LogP contribution in [0.4, 0.5) is 4.79 Å². The molecule has 28 heavy (non-hydrogen) atoms. The Morgan fingerprint density at radius 1 is 1.18 bits per heavy atom. The van der Waals surface area contributed by atoms with Crippen LogP contribution in [0.2, 0.25) is 0 Å². The Hall–Kier alpha value is -2.44. The monoisotopic (exact) mass is 400 g/mol. The first-order valence-corrected chi connectivity index (χ1v) is 9.58. The third-order valence-corrected chi connectivity index (χ3v) is 5.67. The number of hydrogen-bond donors (Lipinski definition) is 2. The van der Waals surface area contributed by atoms with Crippen molar-refractivity contribution >= 4 is 18.6 Å². The molecule has 2 heterocycles. The first-order chi connectivity index (χ1) is 13.2. The molecule has 1 amide bonds. The van der Waals surface area contributed by atoms with E-state index in [0.29, 0.717) is 24.9 Å².